The Morgan fingerprint density at radius 2 is 1.68 bits per heavy atom. The summed E-state index contributed by atoms with van der Waals surface area (Å²) < 4.78 is 10.8. The van der Waals surface area contributed by atoms with Crippen LogP contribution >= 0.6 is 15.9 Å². The van der Waals surface area contributed by atoms with Crippen LogP contribution in [0, 0.1) is 0 Å². The molecule has 0 fully saturated rings. The van der Waals surface area contributed by atoms with Crippen LogP contribution < -0.4 is 10.1 Å². The Hall–Kier alpha value is -2.34. The highest BCUT2D eigenvalue weighted by Gasteiger charge is 2.10. The van der Waals surface area contributed by atoms with Gasteiger partial charge in [0.2, 0.25) is 0 Å². The van der Waals surface area contributed by atoms with Crippen LogP contribution in [-0.4, -0.2) is 25.6 Å². The van der Waals surface area contributed by atoms with Gasteiger partial charge in [0.1, 0.15) is 5.75 Å². The Morgan fingerprint density at radius 3 is 2.27 bits per heavy atom. The van der Waals surface area contributed by atoms with E-state index >= 15 is 0 Å². The molecule has 0 heterocycles. The fourth-order valence-corrected chi connectivity index (χ4v) is 1.94. The summed E-state index contributed by atoms with van der Waals surface area (Å²) >= 11 is 3.28. The number of amides is 1. The molecular formula is C16H14BrNO4. The van der Waals surface area contributed by atoms with E-state index in [9.17, 15) is 9.59 Å². The maximum atomic E-state index is 11.8. The fourth-order valence-electron chi connectivity index (χ4n) is 1.67. The molecule has 0 saturated heterocycles. The van der Waals surface area contributed by atoms with Crippen LogP contribution in [0.25, 0.3) is 0 Å². The van der Waals surface area contributed by atoms with Crippen molar-refractivity contribution in [2.75, 3.05) is 19.0 Å². The molecule has 0 bridgehead atoms. The molecule has 0 spiro atoms. The molecule has 1 N–H and O–H groups in total. The Balaban J connectivity index is 1.84. The van der Waals surface area contributed by atoms with Crippen LogP contribution in [0.15, 0.2) is 53.0 Å². The number of ether oxygens (including phenoxy) is 2. The fraction of sp³-hybridized carbons (Fsp3) is 0.125. The summed E-state index contributed by atoms with van der Waals surface area (Å²) in [5.74, 6) is -0.257. The Kier molecular flexibility index (Phi) is 5.55. The summed E-state index contributed by atoms with van der Waals surface area (Å²) in [6.45, 7) is -0.346. The second-order valence-corrected chi connectivity index (χ2v) is 5.28. The first kappa shape index (κ1) is 16.0. The summed E-state index contributed by atoms with van der Waals surface area (Å²) in [5, 5.41) is 2.63. The van der Waals surface area contributed by atoms with Gasteiger partial charge in [-0.25, -0.2) is 4.79 Å². The number of halogens is 1. The topological polar surface area (TPSA) is 64.6 Å². The van der Waals surface area contributed by atoms with E-state index in [0.29, 0.717) is 17.0 Å². The van der Waals surface area contributed by atoms with Crippen molar-refractivity contribution >= 4 is 33.5 Å². The van der Waals surface area contributed by atoms with Gasteiger partial charge < -0.3 is 14.8 Å². The molecule has 0 saturated carbocycles. The molecule has 5 nitrogen and oxygen atoms in total. The standard InChI is InChI=1S/C16H14BrNO4/c1-21-14-8-6-13(7-9-14)18-15(19)10-22-16(20)11-2-4-12(17)5-3-11/h2-9H,10H2,1H3,(H,18,19). The third-order valence-corrected chi connectivity index (χ3v) is 3.32. The van der Waals surface area contributed by atoms with Gasteiger partial charge in [0.05, 0.1) is 12.7 Å². The largest absolute Gasteiger partial charge is 0.497 e. The molecular weight excluding hydrogens is 350 g/mol. The number of rotatable bonds is 5. The van der Waals surface area contributed by atoms with Crippen molar-refractivity contribution in [1.82, 2.24) is 0 Å². The normalized spacial score (nSPS) is 9.91. The van der Waals surface area contributed by atoms with Gasteiger partial charge in [-0.15, -0.1) is 0 Å². The SMILES string of the molecule is COc1ccc(NC(=O)COC(=O)c2ccc(Br)cc2)cc1. The average molecular weight is 364 g/mol. The summed E-state index contributed by atoms with van der Waals surface area (Å²) in [4.78, 5) is 23.5. The summed E-state index contributed by atoms with van der Waals surface area (Å²) in [5.41, 5.74) is 0.992. The lowest BCUT2D eigenvalue weighted by Gasteiger charge is -2.07. The molecule has 2 aromatic rings. The van der Waals surface area contributed by atoms with E-state index in [0.717, 1.165) is 4.47 Å². The Labute approximate surface area is 136 Å². The number of esters is 1. The van der Waals surface area contributed by atoms with Gasteiger partial charge in [-0.3, -0.25) is 4.79 Å². The van der Waals surface area contributed by atoms with Gasteiger partial charge in [-0.05, 0) is 48.5 Å². The van der Waals surface area contributed by atoms with Crippen molar-refractivity contribution in [2.45, 2.75) is 0 Å². The van der Waals surface area contributed by atoms with Crippen molar-refractivity contribution in [3.05, 3.63) is 58.6 Å². The molecule has 2 rings (SSSR count). The third-order valence-electron chi connectivity index (χ3n) is 2.79. The minimum atomic E-state index is -0.544. The van der Waals surface area contributed by atoms with Gasteiger partial charge in [0.15, 0.2) is 6.61 Å². The predicted molar refractivity (Wildman–Crippen MR) is 86.0 cm³/mol. The highest BCUT2D eigenvalue weighted by molar-refractivity contribution is 9.10. The Morgan fingerprint density at radius 1 is 1.05 bits per heavy atom. The van der Waals surface area contributed by atoms with Crippen molar-refractivity contribution in [1.29, 1.82) is 0 Å². The lowest BCUT2D eigenvalue weighted by Crippen LogP contribution is -2.20. The van der Waals surface area contributed by atoms with Crippen LogP contribution in [0.5, 0.6) is 5.75 Å². The maximum absolute atomic E-state index is 11.8. The molecule has 0 aliphatic rings. The molecule has 0 aromatic heterocycles. The number of anilines is 1. The van der Waals surface area contributed by atoms with Crippen LogP contribution in [0.4, 0.5) is 5.69 Å². The zero-order valence-corrected chi connectivity index (χ0v) is 13.4. The highest BCUT2D eigenvalue weighted by atomic mass is 79.9. The molecule has 0 aliphatic carbocycles. The second-order valence-electron chi connectivity index (χ2n) is 4.36. The van der Waals surface area contributed by atoms with Crippen LogP contribution in [-0.2, 0) is 9.53 Å². The van der Waals surface area contributed by atoms with E-state index in [2.05, 4.69) is 21.2 Å². The molecule has 6 heteroatoms. The first-order chi connectivity index (χ1) is 10.6. The highest BCUT2D eigenvalue weighted by Crippen LogP contribution is 2.15. The average Bonchev–Trinajstić information content (AvgIpc) is 2.54. The van der Waals surface area contributed by atoms with Crippen molar-refractivity contribution in [2.24, 2.45) is 0 Å². The lowest BCUT2D eigenvalue weighted by molar-refractivity contribution is -0.119. The van der Waals surface area contributed by atoms with Gasteiger partial charge in [0, 0.05) is 10.2 Å². The first-order valence-corrected chi connectivity index (χ1v) is 7.24. The molecule has 0 atom stereocenters. The molecule has 0 aliphatic heterocycles. The quantitative estimate of drug-likeness (QED) is 0.828. The van der Waals surface area contributed by atoms with Gasteiger partial charge >= 0.3 is 5.97 Å². The number of methoxy groups -OCH3 is 1. The summed E-state index contributed by atoms with van der Waals surface area (Å²) in [7, 11) is 1.56. The number of hydrogen-bond acceptors (Lipinski definition) is 4. The van der Waals surface area contributed by atoms with Crippen LogP contribution in [0.3, 0.4) is 0 Å². The monoisotopic (exact) mass is 363 g/mol. The van der Waals surface area contributed by atoms with E-state index < -0.39 is 11.9 Å². The van der Waals surface area contributed by atoms with E-state index in [4.69, 9.17) is 9.47 Å². The minimum absolute atomic E-state index is 0.346. The number of hydrogen-bond donors (Lipinski definition) is 1. The van der Waals surface area contributed by atoms with Crippen LogP contribution in [0.2, 0.25) is 0 Å². The number of nitrogens with one attached hydrogen (secondary N) is 1. The maximum Gasteiger partial charge on any atom is 0.338 e. The van der Waals surface area contributed by atoms with Crippen LogP contribution in [0.1, 0.15) is 10.4 Å². The minimum Gasteiger partial charge on any atom is -0.497 e. The second kappa shape index (κ2) is 7.61. The molecule has 1 amide bonds. The van der Waals surface area contributed by atoms with E-state index in [1.54, 1.807) is 55.6 Å². The predicted octanol–water partition coefficient (Wildman–Crippen LogP) is 3.25. The summed E-state index contributed by atoms with van der Waals surface area (Å²) in [6.07, 6.45) is 0. The lowest BCUT2D eigenvalue weighted by atomic mass is 10.2. The van der Waals surface area contributed by atoms with E-state index in [-0.39, 0.29) is 6.61 Å². The van der Waals surface area contributed by atoms with Gasteiger partial charge in [0.25, 0.3) is 5.91 Å². The number of carbonyl (C=O) groups is 2. The molecule has 22 heavy (non-hydrogen) atoms. The third kappa shape index (κ3) is 4.60. The van der Waals surface area contributed by atoms with Crippen molar-refractivity contribution in [3.63, 3.8) is 0 Å². The zero-order chi connectivity index (χ0) is 15.9. The number of benzene rings is 2. The Bertz CT molecular complexity index is 653. The molecule has 114 valence electrons. The first-order valence-electron chi connectivity index (χ1n) is 6.45. The van der Waals surface area contributed by atoms with E-state index in [1.165, 1.54) is 0 Å². The molecule has 2 aromatic carbocycles. The van der Waals surface area contributed by atoms with Crippen molar-refractivity contribution in [3.8, 4) is 5.75 Å². The van der Waals surface area contributed by atoms with E-state index in [1.807, 2.05) is 0 Å². The molecule has 0 unspecified atom stereocenters. The summed E-state index contributed by atoms with van der Waals surface area (Å²) in [6, 6.07) is 13.6. The van der Waals surface area contributed by atoms with Gasteiger partial charge in [-0.1, -0.05) is 15.9 Å². The number of carbonyl (C=O) groups excluding carboxylic acids is 2. The van der Waals surface area contributed by atoms with Gasteiger partial charge in [-0.2, -0.15) is 0 Å². The van der Waals surface area contributed by atoms with Crippen molar-refractivity contribution < 1.29 is 19.1 Å². The smallest absolute Gasteiger partial charge is 0.338 e. The zero-order valence-electron chi connectivity index (χ0n) is 11.8. The molecule has 0 radical (unpaired) electrons.